The van der Waals surface area contributed by atoms with Gasteiger partial charge in [-0.15, -0.1) is 0 Å². The molecule has 1 saturated heterocycles. The smallest absolute Gasteiger partial charge is 0.0750 e. The van der Waals surface area contributed by atoms with Crippen LogP contribution in [0.2, 0.25) is 0 Å². The molecule has 1 aromatic heterocycles. The fraction of sp³-hybridized carbons (Fsp3) is 0.545. The lowest BCUT2D eigenvalue weighted by Crippen LogP contribution is -2.27. The molecule has 1 aliphatic rings. The Labute approximate surface area is 109 Å². The van der Waals surface area contributed by atoms with E-state index in [9.17, 15) is 0 Å². The summed E-state index contributed by atoms with van der Waals surface area (Å²) < 4.78 is 1.27. The summed E-state index contributed by atoms with van der Waals surface area (Å²) in [6.45, 7) is 3.26. The number of aromatic nitrogens is 1. The van der Waals surface area contributed by atoms with Gasteiger partial charge in [-0.2, -0.15) is 11.8 Å². The monoisotopic (exact) mass is 301 g/mol. The number of hydrogen-bond acceptors (Lipinski definition) is 4. The van der Waals surface area contributed by atoms with Crippen LogP contribution in [0, 0.1) is 0 Å². The van der Waals surface area contributed by atoms with Crippen molar-refractivity contribution in [1.29, 1.82) is 0 Å². The third-order valence-corrected chi connectivity index (χ3v) is 5.01. The van der Waals surface area contributed by atoms with Crippen LogP contribution in [0.3, 0.4) is 0 Å². The Bertz CT molecular complexity index is 357. The summed E-state index contributed by atoms with van der Waals surface area (Å²) in [6.07, 6.45) is 6.03. The lowest BCUT2D eigenvalue weighted by atomic mass is 10.1. The van der Waals surface area contributed by atoms with Gasteiger partial charge in [-0.05, 0) is 41.4 Å². The number of halogens is 1. The summed E-state index contributed by atoms with van der Waals surface area (Å²) in [5.41, 5.74) is 7.54. The highest BCUT2D eigenvalue weighted by Crippen LogP contribution is 2.38. The zero-order chi connectivity index (χ0) is 11.6. The SMILES string of the molecule is CC1(CNc2c(N)cncc2Br)CCCS1. The highest BCUT2D eigenvalue weighted by Gasteiger charge is 2.29. The van der Waals surface area contributed by atoms with Crippen LogP contribution in [0.25, 0.3) is 0 Å². The molecule has 1 unspecified atom stereocenters. The third-order valence-electron chi connectivity index (χ3n) is 2.87. The summed E-state index contributed by atoms with van der Waals surface area (Å²) in [6, 6.07) is 0. The topological polar surface area (TPSA) is 50.9 Å². The van der Waals surface area contributed by atoms with Crippen LogP contribution in [0.5, 0.6) is 0 Å². The van der Waals surface area contributed by atoms with Crippen molar-refractivity contribution in [3.05, 3.63) is 16.9 Å². The fourth-order valence-electron chi connectivity index (χ4n) is 1.89. The molecule has 0 spiro atoms. The van der Waals surface area contributed by atoms with Gasteiger partial charge in [0.15, 0.2) is 0 Å². The van der Waals surface area contributed by atoms with Crippen LogP contribution in [-0.4, -0.2) is 22.0 Å². The van der Waals surface area contributed by atoms with Gasteiger partial charge in [-0.25, -0.2) is 0 Å². The average Bonchev–Trinajstić information content (AvgIpc) is 2.65. The Morgan fingerprint density at radius 3 is 3.06 bits per heavy atom. The van der Waals surface area contributed by atoms with Gasteiger partial charge in [0, 0.05) is 17.5 Å². The molecule has 3 nitrogen and oxygen atoms in total. The maximum atomic E-state index is 5.89. The summed E-state index contributed by atoms with van der Waals surface area (Å²) in [5.74, 6) is 1.27. The molecular weight excluding hydrogens is 286 g/mol. The maximum absolute atomic E-state index is 5.89. The van der Waals surface area contributed by atoms with Crippen molar-refractivity contribution >= 4 is 39.1 Å². The van der Waals surface area contributed by atoms with Crippen molar-refractivity contribution in [2.24, 2.45) is 0 Å². The van der Waals surface area contributed by atoms with Crippen LogP contribution in [0.4, 0.5) is 11.4 Å². The Kier molecular flexibility index (Phi) is 3.64. The van der Waals surface area contributed by atoms with Crippen molar-refractivity contribution in [3.8, 4) is 0 Å². The molecule has 0 aliphatic carbocycles. The molecule has 1 aliphatic heterocycles. The highest BCUT2D eigenvalue weighted by atomic mass is 79.9. The first-order valence-electron chi connectivity index (χ1n) is 5.37. The number of pyridine rings is 1. The molecule has 0 radical (unpaired) electrons. The van der Waals surface area contributed by atoms with E-state index in [0.717, 1.165) is 16.7 Å². The minimum Gasteiger partial charge on any atom is -0.396 e. The number of thioether (sulfide) groups is 1. The van der Waals surface area contributed by atoms with Crippen LogP contribution in [0.1, 0.15) is 19.8 Å². The second kappa shape index (κ2) is 4.84. The number of nitrogen functional groups attached to an aromatic ring is 1. The van der Waals surface area contributed by atoms with Crippen molar-refractivity contribution in [1.82, 2.24) is 4.98 Å². The molecular formula is C11H16BrN3S. The van der Waals surface area contributed by atoms with Crippen LogP contribution in [0.15, 0.2) is 16.9 Å². The standard InChI is InChI=1S/C11H16BrN3S/c1-11(3-2-4-16-11)7-15-10-8(12)5-14-6-9(10)13/h5-6H,2-4,7,13H2,1H3,(H,14,15). The largest absolute Gasteiger partial charge is 0.396 e. The van der Waals surface area contributed by atoms with E-state index < -0.39 is 0 Å². The summed E-state index contributed by atoms with van der Waals surface area (Å²) >= 11 is 5.50. The number of nitrogens with two attached hydrogens (primary N) is 1. The van der Waals surface area contributed by atoms with Crippen LogP contribution >= 0.6 is 27.7 Å². The predicted molar refractivity (Wildman–Crippen MR) is 74.9 cm³/mol. The molecule has 3 N–H and O–H groups in total. The molecule has 1 aromatic rings. The van der Waals surface area contributed by atoms with Gasteiger partial charge in [0.2, 0.25) is 0 Å². The number of anilines is 2. The van der Waals surface area contributed by atoms with E-state index in [1.165, 1.54) is 18.6 Å². The van der Waals surface area contributed by atoms with Crippen molar-refractivity contribution in [3.63, 3.8) is 0 Å². The lowest BCUT2D eigenvalue weighted by Gasteiger charge is -2.24. The zero-order valence-corrected chi connectivity index (χ0v) is 11.7. The second-order valence-electron chi connectivity index (χ2n) is 4.34. The van der Waals surface area contributed by atoms with E-state index in [0.29, 0.717) is 10.4 Å². The molecule has 0 amide bonds. The van der Waals surface area contributed by atoms with Gasteiger partial charge in [0.25, 0.3) is 0 Å². The Hall–Kier alpha value is -0.420. The van der Waals surface area contributed by atoms with E-state index >= 15 is 0 Å². The third kappa shape index (κ3) is 2.63. The fourth-order valence-corrected chi connectivity index (χ4v) is 3.62. The summed E-state index contributed by atoms with van der Waals surface area (Å²) in [7, 11) is 0. The minimum absolute atomic E-state index is 0.342. The average molecular weight is 302 g/mol. The first-order valence-corrected chi connectivity index (χ1v) is 7.15. The molecule has 2 heterocycles. The van der Waals surface area contributed by atoms with E-state index in [-0.39, 0.29) is 0 Å². The van der Waals surface area contributed by atoms with Gasteiger partial charge in [0.05, 0.1) is 22.0 Å². The lowest BCUT2D eigenvalue weighted by molar-refractivity contribution is 0.635. The molecule has 16 heavy (non-hydrogen) atoms. The van der Waals surface area contributed by atoms with Gasteiger partial charge in [-0.1, -0.05) is 0 Å². The van der Waals surface area contributed by atoms with Gasteiger partial charge in [-0.3, -0.25) is 4.98 Å². The molecule has 5 heteroatoms. The Morgan fingerprint density at radius 2 is 2.44 bits per heavy atom. The molecule has 1 fully saturated rings. The summed E-state index contributed by atoms with van der Waals surface area (Å²) in [4.78, 5) is 4.02. The van der Waals surface area contributed by atoms with Crippen molar-refractivity contribution in [2.75, 3.05) is 23.3 Å². The number of hydrogen-bond donors (Lipinski definition) is 2. The zero-order valence-electron chi connectivity index (χ0n) is 9.29. The van der Waals surface area contributed by atoms with E-state index in [1.54, 1.807) is 12.4 Å². The molecule has 0 saturated carbocycles. The Morgan fingerprint density at radius 1 is 1.62 bits per heavy atom. The van der Waals surface area contributed by atoms with Crippen molar-refractivity contribution in [2.45, 2.75) is 24.5 Å². The number of nitrogens with one attached hydrogen (secondary N) is 1. The number of nitrogens with zero attached hydrogens (tertiary/aromatic N) is 1. The van der Waals surface area contributed by atoms with Gasteiger partial charge < -0.3 is 11.1 Å². The van der Waals surface area contributed by atoms with E-state index in [4.69, 9.17) is 5.73 Å². The molecule has 88 valence electrons. The van der Waals surface area contributed by atoms with E-state index in [1.807, 2.05) is 11.8 Å². The second-order valence-corrected chi connectivity index (χ2v) is 6.88. The predicted octanol–water partition coefficient (Wildman–Crippen LogP) is 3.12. The maximum Gasteiger partial charge on any atom is 0.0750 e. The summed E-state index contributed by atoms with van der Waals surface area (Å²) in [5, 5.41) is 3.43. The minimum atomic E-state index is 0.342. The van der Waals surface area contributed by atoms with E-state index in [2.05, 4.69) is 33.2 Å². The molecule has 0 aromatic carbocycles. The Balaban J connectivity index is 2.04. The molecule has 2 rings (SSSR count). The first kappa shape index (κ1) is 12.0. The molecule has 1 atom stereocenters. The first-order chi connectivity index (χ1) is 7.61. The quantitative estimate of drug-likeness (QED) is 0.900. The van der Waals surface area contributed by atoms with Crippen LogP contribution in [-0.2, 0) is 0 Å². The normalized spacial score (nSPS) is 24.6. The van der Waals surface area contributed by atoms with Crippen molar-refractivity contribution < 1.29 is 0 Å². The highest BCUT2D eigenvalue weighted by molar-refractivity contribution is 9.10. The molecule has 0 bridgehead atoms. The van der Waals surface area contributed by atoms with Gasteiger partial charge in [0.1, 0.15) is 0 Å². The number of rotatable bonds is 3. The van der Waals surface area contributed by atoms with Crippen LogP contribution < -0.4 is 11.1 Å². The van der Waals surface area contributed by atoms with Gasteiger partial charge >= 0.3 is 0 Å².